The summed E-state index contributed by atoms with van der Waals surface area (Å²) in [7, 11) is 0. The third-order valence-electron chi connectivity index (χ3n) is 4.65. The summed E-state index contributed by atoms with van der Waals surface area (Å²) in [4.78, 5) is 28.3. The number of carbonyl (C=O) groups excluding carboxylic acids is 2. The number of benzene rings is 1. The lowest BCUT2D eigenvalue weighted by molar-refractivity contribution is -0.134. The van der Waals surface area contributed by atoms with Gasteiger partial charge in [0.2, 0.25) is 11.8 Å². The van der Waals surface area contributed by atoms with E-state index in [1.807, 2.05) is 29.2 Å². The third-order valence-corrected chi connectivity index (χ3v) is 4.89. The van der Waals surface area contributed by atoms with Crippen LogP contribution in [0.4, 0.5) is 5.69 Å². The van der Waals surface area contributed by atoms with E-state index in [0.717, 1.165) is 36.8 Å². The van der Waals surface area contributed by atoms with Gasteiger partial charge in [-0.15, -0.1) is 24.8 Å². The third kappa shape index (κ3) is 5.91. The number of nitrogens with one attached hydrogen (secondary N) is 2. The highest BCUT2D eigenvalue weighted by molar-refractivity contribution is 6.30. The molecule has 0 aromatic heterocycles. The van der Waals surface area contributed by atoms with Crippen LogP contribution in [0.1, 0.15) is 6.42 Å². The van der Waals surface area contributed by atoms with Crippen LogP contribution in [0.5, 0.6) is 0 Å². The van der Waals surface area contributed by atoms with E-state index in [1.54, 1.807) is 0 Å². The second-order valence-electron chi connectivity index (χ2n) is 6.26. The van der Waals surface area contributed by atoms with E-state index >= 15 is 0 Å². The van der Waals surface area contributed by atoms with Gasteiger partial charge in [-0.25, -0.2) is 0 Å². The standard InChI is InChI=1S/C17H23ClN4O2.2ClH/c18-14-2-1-3-15(10-14)21-6-8-22(9-7-21)16(23)12-20-17(24)13-4-5-19-11-13;;/h1-3,10,13,19H,4-9,11-12H2,(H,20,24);2*1H. The predicted molar refractivity (Wildman–Crippen MR) is 109 cm³/mol. The number of piperazine rings is 1. The Labute approximate surface area is 171 Å². The Bertz CT molecular complexity index is 603. The first kappa shape index (κ1) is 22.8. The van der Waals surface area contributed by atoms with Crippen LogP contribution >= 0.6 is 36.4 Å². The fourth-order valence-corrected chi connectivity index (χ4v) is 3.37. The van der Waals surface area contributed by atoms with Crippen molar-refractivity contribution in [2.24, 2.45) is 5.92 Å². The quantitative estimate of drug-likeness (QED) is 0.771. The van der Waals surface area contributed by atoms with Gasteiger partial charge < -0.3 is 20.4 Å². The first-order valence-corrected chi connectivity index (χ1v) is 8.78. The smallest absolute Gasteiger partial charge is 0.242 e. The Morgan fingerprint density at radius 1 is 1.19 bits per heavy atom. The van der Waals surface area contributed by atoms with Crippen molar-refractivity contribution in [1.82, 2.24) is 15.5 Å². The molecule has 2 heterocycles. The lowest BCUT2D eigenvalue weighted by atomic mass is 10.1. The molecule has 3 rings (SSSR count). The van der Waals surface area contributed by atoms with Crippen LogP contribution in [0.2, 0.25) is 5.02 Å². The molecule has 2 fully saturated rings. The van der Waals surface area contributed by atoms with E-state index in [-0.39, 0.29) is 49.1 Å². The number of nitrogens with zero attached hydrogens (tertiary/aromatic N) is 2. The van der Waals surface area contributed by atoms with Gasteiger partial charge in [-0.2, -0.15) is 0 Å². The van der Waals surface area contributed by atoms with E-state index in [2.05, 4.69) is 15.5 Å². The molecule has 146 valence electrons. The average Bonchev–Trinajstić information content (AvgIpc) is 3.14. The summed E-state index contributed by atoms with van der Waals surface area (Å²) in [5.74, 6) is -0.0385. The van der Waals surface area contributed by atoms with Crippen molar-refractivity contribution in [3.8, 4) is 0 Å². The maximum Gasteiger partial charge on any atom is 0.242 e. The van der Waals surface area contributed by atoms with Crippen molar-refractivity contribution in [2.75, 3.05) is 50.7 Å². The molecule has 2 aliphatic rings. The van der Waals surface area contributed by atoms with E-state index in [0.29, 0.717) is 19.6 Å². The lowest BCUT2D eigenvalue weighted by Gasteiger charge is -2.36. The van der Waals surface area contributed by atoms with Crippen LogP contribution in [-0.2, 0) is 9.59 Å². The monoisotopic (exact) mass is 422 g/mol. The highest BCUT2D eigenvalue weighted by Crippen LogP contribution is 2.20. The van der Waals surface area contributed by atoms with Crippen molar-refractivity contribution in [1.29, 1.82) is 0 Å². The molecule has 2 aliphatic heterocycles. The van der Waals surface area contributed by atoms with Gasteiger partial charge in [0.15, 0.2) is 0 Å². The summed E-state index contributed by atoms with van der Waals surface area (Å²) >= 11 is 6.03. The molecular weight excluding hydrogens is 399 g/mol. The summed E-state index contributed by atoms with van der Waals surface area (Å²) in [5, 5.41) is 6.65. The summed E-state index contributed by atoms with van der Waals surface area (Å²) in [6, 6.07) is 7.75. The van der Waals surface area contributed by atoms with Crippen LogP contribution in [0.3, 0.4) is 0 Å². The van der Waals surface area contributed by atoms with Crippen LogP contribution in [-0.4, -0.2) is 62.5 Å². The average molecular weight is 424 g/mol. The van der Waals surface area contributed by atoms with E-state index in [1.165, 1.54) is 0 Å². The molecule has 0 spiro atoms. The fourth-order valence-electron chi connectivity index (χ4n) is 3.18. The van der Waals surface area contributed by atoms with Crippen LogP contribution in [0.25, 0.3) is 0 Å². The minimum absolute atomic E-state index is 0. The van der Waals surface area contributed by atoms with Gasteiger partial charge in [0.1, 0.15) is 0 Å². The van der Waals surface area contributed by atoms with Gasteiger partial charge in [0, 0.05) is 43.4 Å². The zero-order valence-corrected chi connectivity index (χ0v) is 16.8. The molecule has 2 N–H and O–H groups in total. The molecule has 6 nitrogen and oxygen atoms in total. The normalized spacial score (nSPS) is 19.3. The number of amides is 2. The van der Waals surface area contributed by atoms with E-state index in [4.69, 9.17) is 11.6 Å². The number of rotatable bonds is 4. The van der Waals surface area contributed by atoms with Crippen molar-refractivity contribution < 1.29 is 9.59 Å². The first-order chi connectivity index (χ1) is 11.6. The van der Waals surface area contributed by atoms with Crippen molar-refractivity contribution in [3.05, 3.63) is 29.3 Å². The number of anilines is 1. The van der Waals surface area contributed by atoms with Gasteiger partial charge in [-0.3, -0.25) is 9.59 Å². The van der Waals surface area contributed by atoms with Gasteiger partial charge >= 0.3 is 0 Å². The number of carbonyl (C=O) groups is 2. The molecule has 2 saturated heterocycles. The Morgan fingerprint density at radius 2 is 1.92 bits per heavy atom. The van der Waals surface area contributed by atoms with Crippen molar-refractivity contribution in [3.63, 3.8) is 0 Å². The summed E-state index contributed by atoms with van der Waals surface area (Å²) in [6.07, 6.45) is 0.846. The van der Waals surface area contributed by atoms with Crippen molar-refractivity contribution in [2.45, 2.75) is 6.42 Å². The highest BCUT2D eigenvalue weighted by Gasteiger charge is 2.25. The minimum atomic E-state index is -0.0223. The van der Waals surface area contributed by atoms with Crippen LogP contribution in [0, 0.1) is 5.92 Å². The number of hydrogen-bond donors (Lipinski definition) is 2. The Morgan fingerprint density at radius 3 is 2.54 bits per heavy atom. The molecule has 2 amide bonds. The second kappa shape index (κ2) is 10.8. The predicted octanol–water partition coefficient (Wildman–Crippen LogP) is 1.56. The van der Waals surface area contributed by atoms with Gasteiger partial charge in [-0.1, -0.05) is 17.7 Å². The molecular formula is C17H25Cl3N4O2. The molecule has 26 heavy (non-hydrogen) atoms. The Kier molecular flexibility index (Phi) is 9.50. The first-order valence-electron chi connectivity index (χ1n) is 8.40. The fraction of sp³-hybridized carbons (Fsp3) is 0.529. The molecule has 9 heteroatoms. The molecule has 1 aromatic carbocycles. The zero-order chi connectivity index (χ0) is 16.9. The summed E-state index contributed by atoms with van der Waals surface area (Å²) < 4.78 is 0. The van der Waals surface area contributed by atoms with Crippen LogP contribution in [0.15, 0.2) is 24.3 Å². The second-order valence-corrected chi connectivity index (χ2v) is 6.69. The molecule has 1 aromatic rings. The van der Waals surface area contributed by atoms with Crippen molar-refractivity contribution >= 4 is 53.9 Å². The number of halogens is 3. The summed E-state index contributed by atoms with van der Waals surface area (Å²) in [6.45, 7) is 4.53. The number of hydrogen-bond acceptors (Lipinski definition) is 4. The zero-order valence-electron chi connectivity index (χ0n) is 14.4. The largest absolute Gasteiger partial charge is 0.368 e. The molecule has 1 atom stereocenters. The van der Waals surface area contributed by atoms with Crippen LogP contribution < -0.4 is 15.5 Å². The molecule has 0 aliphatic carbocycles. The molecule has 0 radical (unpaired) electrons. The van der Waals surface area contributed by atoms with E-state index in [9.17, 15) is 9.59 Å². The van der Waals surface area contributed by atoms with Gasteiger partial charge in [-0.05, 0) is 31.2 Å². The molecule has 1 unspecified atom stereocenters. The minimum Gasteiger partial charge on any atom is -0.368 e. The Hall–Kier alpha value is -1.21. The topological polar surface area (TPSA) is 64.7 Å². The maximum absolute atomic E-state index is 12.3. The highest BCUT2D eigenvalue weighted by atomic mass is 35.5. The summed E-state index contributed by atoms with van der Waals surface area (Å²) in [5.41, 5.74) is 1.08. The maximum atomic E-state index is 12.3. The van der Waals surface area contributed by atoms with E-state index < -0.39 is 0 Å². The Balaban J connectivity index is 0.00000169. The molecule has 0 saturated carbocycles. The lowest BCUT2D eigenvalue weighted by Crippen LogP contribution is -2.51. The SMILES string of the molecule is Cl.Cl.O=C(NCC(=O)N1CCN(c2cccc(Cl)c2)CC1)C1CCNC1. The molecule has 0 bridgehead atoms. The van der Waals surface area contributed by atoms with Gasteiger partial charge in [0.05, 0.1) is 12.5 Å². The van der Waals surface area contributed by atoms with Gasteiger partial charge in [0.25, 0.3) is 0 Å².